The van der Waals surface area contributed by atoms with E-state index in [9.17, 15) is 0 Å². The Hall–Kier alpha value is -3.14. The van der Waals surface area contributed by atoms with Gasteiger partial charge in [-0.2, -0.15) is 0 Å². The zero-order valence-electron chi connectivity index (χ0n) is 12.3. The number of benzene rings is 2. The van der Waals surface area contributed by atoms with E-state index in [1.807, 2.05) is 66.7 Å². The third-order valence-corrected chi connectivity index (χ3v) is 3.66. The van der Waals surface area contributed by atoms with Gasteiger partial charge in [0.1, 0.15) is 17.7 Å². The van der Waals surface area contributed by atoms with E-state index in [0.717, 1.165) is 27.9 Å². The maximum Gasteiger partial charge on any atom is 0.169 e. The van der Waals surface area contributed by atoms with Gasteiger partial charge in [-0.25, -0.2) is 0 Å². The molecule has 2 aromatic heterocycles. The summed E-state index contributed by atoms with van der Waals surface area (Å²) in [5.74, 6) is 0.766. The van der Waals surface area contributed by atoms with Crippen molar-refractivity contribution < 1.29 is 9.26 Å². The molecule has 0 saturated carbocycles. The van der Waals surface area contributed by atoms with Crippen LogP contribution in [0.25, 0.3) is 10.9 Å². The summed E-state index contributed by atoms with van der Waals surface area (Å²) in [6.45, 7) is 0. The highest BCUT2D eigenvalue weighted by Gasteiger charge is 2.19. The zero-order valence-corrected chi connectivity index (χ0v) is 12.3. The molecule has 1 atom stereocenters. The van der Waals surface area contributed by atoms with Crippen LogP contribution in [0, 0.1) is 0 Å². The fourth-order valence-corrected chi connectivity index (χ4v) is 2.55. The highest BCUT2D eigenvalue weighted by molar-refractivity contribution is 5.79. The van der Waals surface area contributed by atoms with Crippen LogP contribution in [0.2, 0.25) is 0 Å². The van der Waals surface area contributed by atoms with Gasteiger partial charge in [0, 0.05) is 17.6 Å². The molecule has 23 heavy (non-hydrogen) atoms. The molecule has 0 bridgehead atoms. The molecule has 0 saturated heterocycles. The Bertz CT molecular complexity index is 905. The lowest BCUT2D eigenvalue weighted by molar-refractivity contribution is 0.234. The second kappa shape index (κ2) is 5.93. The molecule has 0 radical (unpaired) electrons. The fraction of sp³-hybridized carbons (Fsp3) is 0.0526. The van der Waals surface area contributed by atoms with Crippen LogP contribution >= 0.6 is 0 Å². The summed E-state index contributed by atoms with van der Waals surface area (Å²) in [6.07, 6.45) is 3.02. The second-order valence-corrected chi connectivity index (χ2v) is 5.19. The first-order valence-electron chi connectivity index (χ1n) is 7.37. The van der Waals surface area contributed by atoms with E-state index < -0.39 is 0 Å². The largest absolute Gasteiger partial charge is 0.479 e. The standard InChI is InChI=1S/C19H14N2O2/c1-2-5-14(6-3-1)19(18-10-12-22-21-18)23-16-8-9-17-15(13-16)7-4-11-20-17/h1-13,19H. The van der Waals surface area contributed by atoms with E-state index in [1.165, 1.54) is 0 Å². The average Bonchev–Trinajstić information content (AvgIpc) is 3.14. The van der Waals surface area contributed by atoms with Gasteiger partial charge in [-0.3, -0.25) is 4.98 Å². The maximum absolute atomic E-state index is 6.20. The van der Waals surface area contributed by atoms with Crippen molar-refractivity contribution in [2.45, 2.75) is 6.10 Å². The molecule has 2 aromatic carbocycles. The van der Waals surface area contributed by atoms with Crippen LogP contribution in [-0.2, 0) is 0 Å². The number of hydrogen-bond donors (Lipinski definition) is 0. The molecule has 4 rings (SSSR count). The first-order valence-corrected chi connectivity index (χ1v) is 7.37. The summed E-state index contributed by atoms with van der Waals surface area (Å²) in [6, 6.07) is 21.6. The van der Waals surface area contributed by atoms with Crippen molar-refractivity contribution in [2.24, 2.45) is 0 Å². The fourth-order valence-electron chi connectivity index (χ4n) is 2.55. The number of aromatic nitrogens is 2. The lowest BCUT2D eigenvalue weighted by atomic mass is 10.1. The summed E-state index contributed by atoms with van der Waals surface area (Å²) in [7, 11) is 0. The summed E-state index contributed by atoms with van der Waals surface area (Å²) in [4.78, 5) is 4.33. The Balaban J connectivity index is 1.72. The predicted molar refractivity (Wildman–Crippen MR) is 87.2 cm³/mol. The van der Waals surface area contributed by atoms with Crippen LogP contribution < -0.4 is 4.74 Å². The molecule has 0 spiro atoms. The van der Waals surface area contributed by atoms with E-state index in [2.05, 4.69) is 10.1 Å². The third-order valence-electron chi connectivity index (χ3n) is 3.66. The number of ether oxygens (including phenoxy) is 1. The Labute approximate surface area is 133 Å². The van der Waals surface area contributed by atoms with Crippen LogP contribution in [0.15, 0.2) is 83.7 Å². The van der Waals surface area contributed by atoms with E-state index in [0.29, 0.717) is 0 Å². The molecule has 4 nitrogen and oxygen atoms in total. The van der Waals surface area contributed by atoms with Crippen molar-refractivity contribution in [3.8, 4) is 5.75 Å². The van der Waals surface area contributed by atoms with E-state index in [-0.39, 0.29) is 6.10 Å². The Kier molecular flexibility index (Phi) is 3.48. The van der Waals surface area contributed by atoms with Crippen molar-refractivity contribution in [3.63, 3.8) is 0 Å². The molecular weight excluding hydrogens is 288 g/mol. The Morgan fingerprint density at radius 2 is 1.83 bits per heavy atom. The number of hydrogen-bond acceptors (Lipinski definition) is 4. The molecule has 4 heteroatoms. The summed E-state index contributed by atoms with van der Waals surface area (Å²) in [5, 5.41) is 5.08. The minimum Gasteiger partial charge on any atom is -0.479 e. The molecule has 0 N–H and O–H groups in total. The van der Waals surface area contributed by atoms with Crippen LogP contribution in [0.3, 0.4) is 0 Å². The van der Waals surface area contributed by atoms with E-state index in [1.54, 1.807) is 12.5 Å². The Morgan fingerprint density at radius 1 is 0.913 bits per heavy atom. The lowest BCUT2D eigenvalue weighted by Crippen LogP contribution is -2.09. The molecule has 4 aromatic rings. The average molecular weight is 302 g/mol. The van der Waals surface area contributed by atoms with Gasteiger partial charge in [-0.1, -0.05) is 41.6 Å². The summed E-state index contributed by atoms with van der Waals surface area (Å²) >= 11 is 0. The molecule has 1 unspecified atom stereocenters. The molecular formula is C19H14N2O2. The quantitative estimate of drug-likeness (QED) is 0.561. The van der Waals surface area contributed by atoms with Crippen LogP contribution in [0.5, 0.6) is 5.75 Å². The van der Waals surface area contributed by atoms with Gasteiger partial charge in [0.2, 0.25) is 0 Å². The normalized spacial score (nSPS) is 12.2. The van der Waals surface area contributed by atoms with Crippen LogP contribution in [0.4, 0.5) is 0 Å². The van der Waals surface area contributed by atoms with Gasteiger partial charge in [0.25, 0.3) is 0 Å². The minimum absolute atomic E-state index is 0.316. The van der Waals surface area contributed by atoms with Gasteiger partial charge >= 0.3 is 0 Å². The molecule has 0 aliphatic rings. The van der Waals surface area contributed by atoms with E-state index in [4.69, 9.17) is 9.26 Å². The van der Waals surface area contributed by atoms with Gasteiger partial charge in [-0.05, 0) is 29.8 Å². The van der Waals surface area contributed by atoms with Crippen LogP contribution in [0.1, 0.15) is 17.4 Å². The van der Waals surface area contributed by atoms with Crippen LogP contribution in [-0.4, -0.2) is 10.1 Å². The van der Waals surface area contributed by atoms with Gasteiger partial charge in [0.15, 0.2) is 6.10 Å². The van der Waals surface area contributed by atoms with Gasteiger partial charge in [0.05, 0.1) is 5.52 Å². The topological polar surface area (TPSA) is 48.2 Å². The maximum atomic E-state index is 6.20. The second-order valence-electron chi connectivity index (χ2n) is 5.19. The van der Waals surface area contributed by atoms with Gasteiger partial charge in [-0.15, -0.1) is 0 Å². The minimum atomic E-state index is -0.316. The monoisotopic (exact) mass is 302 g/mol. The summed E-state index contributed by atoms with van der Waals surface area (Å²) in [5.41, 5.74) is 2.70. The first-order chi connectivity index (χ1) is 11.4. The molecule has 0 fully saturated rings. The molecule has 0 amide bonds. The lowest BCUT2D eigenvalue weighted by Gasteiger charge is -2.17. The Morgan fingerprint density at radius 3 is 2.65 bits per heavy atom. The number of rotatable bonds is 4. The van der Waals surface area contributed by atoms with Crippen molar-refractivity contribution >= 4 is 10.9 Å². The SMILES string of the molecule is c1ccc(C(Oc2ccc3ncccc3c2)c2ccon2)cc1. The van der Waals surface area contributed by atoms with Crippen molar-refractivity contribution in [2.75, 3.05) is 0 Å². The number of fused-ring (bicyclic) bond motifs is 1. The van der Waals surface area contributed by atoms with E-state index >= 15 is 0 Å². The molecule has 0 aliphatic heterocycles. The van der Waals surface area contributed by atoms with Crippen molar-refractivity contribution in [1.29, 1.82) is 0 Å². The smallest absolute Gasteiger partial charge is 0.169 e. The first kappa shape index (κ1) is 13.5. The highest BCUT2D eigenvalue weighted by Crippen LogP contribution is 2.29. The predicted octanol–water partition coefficient (Wildman–Crippen LogP) is 4.39. The molecule has 2 heterocycles. The zero-order chi connectivity index (χ0) is 15.5. The molecule has 112 valence electrons. The van der Waals surface area contributed by atoms with Gasteiger partial charge < -0.3 is 9.26 Å². The third kappa shape index (κ3) is 2.79. The number of nitrogens with zero attached hydrogens (tertiary/aromatic N) is 2. The van der Waals surface area contributed by atoms with Crippen molar-refractivity contribution in [1.82, 2.24) is 10.1 Å². The summed E-state index contributed by atoms with van der Waals surface area (Å²) < 4.78 is 11.2. The highest BCUT2D eigenvalue weighted by atomic mass is 16.5. The molecule has 0 aliphatic carbocycles. The number of pyridine rings is 1. The van der Waals surface area contributed by atoms with Crippen molar-refractivity contribution in [3.05, 3.63) is 90.4 Å².